The molecule has 0 amide bonds. The van der Waals surface area contributed by atoms with Gasteiger partial charge in [-0.1, -0.05) is 85.5 Å². The van der Waals surface area contributed by atoms with Gasteiger partial charge in [-0.15, -0.1) is 0 Å². The molecular formula is C20H42O3Si. The van der Waals surface area contributed by atoms with Crippen LogP contribution in [0.2, 0.25) is 0 Å². The Kier molecular flexibility index (Phi) is 11.9. The molecule has 0 fully saturated rings. The van der Waals surface area contributed by atoms with Crippen LogP contribution in [0.5, 0.6) is 0 Å². The van der Waals surface area contributed by atoms with E-state index in [4.69, 9.17) is 9.16 Å². The fourth-order valence-corrected chi connectivity index (χ4v) is 4.22. The van der Waals surface area contributed by atoms with E-state index in [2.05, 4.69) is 27.7 Å². The Morgan fingerprint density at radius 2 is 1.38 bits per heavy atom. The lowest BCUT2D eigenvalue weighted by atomic mass is 9.69. The summed E-state index contributed by atoms with van der Waals surface area (Å²) in [5, 5.41) is 0. The fraction of sp³-hybridized carbons (Fsp3) is 0.950. The average molecular weight is 359 g/mol. The van der Waals surface area contributed by atoms with Crippen LogP contribution < -0.4 is 0 Å². The molecule has 0 aliphatic rings. The predicted molar refractivity (Wildman–Crippen MR) is 106 cm³/mol. The number of carbonyl (C=O) groups excluding carboxylic acids is 1. The molecule has 0 aromatic rings. The molecule has 0 aromatic heterocycles. The number of hydrogen-bond acceptors (Lipinski definition) is 3. The molecule has 3 nitrogen and oxygen atoms in total. The first-order valence-electron chi connectivity index (χ1n) is 9.87. The van der Waals surface area contributed by atoms with Gasteiger partial charge < -0.3 is 9.16 Å². The number of ether oxygens (including phenoxy) is 1. The van der Waals surface area contributed by atoms with Gasteiger partial charge in [0.2, 0.25) is 0 Å². The highest BCUT2D eigenvalue weighted by Crippen LogP contribution is 2.41. The van der Waals surface area contributed by atoms with Crippen LogP contribution in [0.15, 0.2) is 0 Å². The van der Waals surface area contributed by atoms with Crippen molar-refractivity contribution in [3.8, 4) is 0 Å². The van der Waals surface area contributed by atoms with Gasteiger partial charge in [-0.3, -0.25) is 0 Å². The zero-order valence-electron chi connectivity index (χ0n) is 17.4. The molecule has 0 aliphatic carbocycles. The smallest absolute Gasteiger partial charge is 0.336 e. The molecule has 2 unspecified atom stereocenters. The van der Waals surface area contributed by atoms with Gasteiger partial charge in [0.05, 0.1) is 7.11 Å². The summed E-state index contributed by atoms with van der Waals surface area (Å²) in [6.45, 7) is 10.8. The van der Waals surface area contributed by atoms with Crippen LogP contribution in [0.1, 0.15) is 98.8 Å². The summed E-state index contributed by atoms with van der Waals surface area (Å²) in [7, 11) is 2.00. The quantitative estimate of drug-likeness (QED) is 0.269. The molecule has 0 saturated carbocycles. The molecule has 2 atom stereocenters. The maximum Gasteiger partial charge on any atom is 0.336 e. The molecule has 24 heavy (non-hydrogen) atoms. The zero-order chi connectivity index (χ0) is 18.6. The van der Waals surface area contributed by atoms with E-state index in [0.717, 1.165) is 12.8 Å². The van der Waals surface area contributed by atoms with Crippen LogP contribution in [0.4, 0.5) is 0 Å². The monoisotopic (exact) mass is 358 g/mol. The number of esters is 1. The topological polar surface area (TPSA) is 35.5 Å². The Hall–Kier alpha value is -0.353. The van der Waals surface area contributed by atoms with Gasteiger partial charge in [-0.2, -0.15) is 0 Å². The number of unbranched alkanes of at least 4 members (excludes halogenated alkanes) is 8. The Morgan fingerprint density at radius 3 is 1.75 bits per heavy atom. The SMILES string of the molecule is CCCCCCCCCCCC(C(C)(C)C)C(C)(O[SiH3])C(=O)OC. The fourth-order valence-electron chi connectivity index (χ4n) is 3.76. The molecule has 0 bridgehead atoms. The van der Waals surface area contributed by atoms with Gasteiger partial charge in [0.25, 0.3) is 0 Å². The van der Waals surface area contributed by atoms with Crippen LogP contribution >= 0.6 is 0 Å². The van der Waals surface area contributed by atoms with Gasteiger partial charge in [0.1, 0.15) is 10.5 Å². The summed E-state index contributed by atoms with van der Waals surface area (Å²) in [5.41, 5.74) is -0.785. The lowest BCUT2D eigenvalue weighted by Gasteiger charge is -2.42. The lowest BCUT2D eigenvalue weighted by molar-refractivity contribution is -0.167. The van der Waals surface area contributed by atoms with Crippen LogP contribution in [-0.2, 0) is 14.0 Å². The van der Waals surface area contributed by atoms with Crippen molar-refractivity contribution in [2.45, 2.75) is 104 Å². The number of hydrogen-bond donors (Lipinski definition) is 0. The molecule has 0 heterocycles. The molecule has 0 aromatic carbocycles. The third-order valence-electron chi connectivity index (χ3n) is 5.32. The third kappa shape index (κ3) is 8.15. The van der Waals surface area contributed by atoms with E-state index in [1.165, 1.54) is 58.5 Å². The second-order valence-corrected chi connectivity index (χ2v) is 8.75. The molecule has 0 radical (unpaired) electrons. The Bertz CT molecular complexity index is 338. The molecule has 144 valence electrons. The highest BCUT2D eigenvalue weighted by atomic mass is 28.2. The standard InChI is InChI=1S/C20H42O3Si/c1-7-8-9-10-11-12-13-14-15-16-17(19(2,3)4)20(5,23-24)18(21)22-6/h17H,7-16H2,1-6,24H3. The van der Waals surface area contributed by atoms with Crippen molar-refractivity contribution in [2.75, 3.05) is 7.11 Å². The first-order valence-corrected chi connectivity index (χ1v) is 10.7. The van der Waals surface area contributed by atoms with E-state index in [1.54, 1.807) is 0 Å². The van der Waals surface area contributed by atoms with E-state index in [9.17, 15) is 4.79 Å². The second kappa shape index (κ2) is 12.1. The molecule has 0 N–H and O–H groups in total. The van der Waals surface area contributed by atoms with E-state index >= 15 is 0 Å². The minimum atomic E-state index is -0.806. The predicted octanol–water partition coefficient (Wildman–Crippen LogP) is 4.80. The van der Waals surface area contributed by atoms with Crippen LogP contribution in [0.25, 0.3) is 0 Å². The molecule has 0 saturated heterocycles. The highest BCUT2D eigenvalue weighted by molar-refractivity contribution is 6.00. The third-order valence-corrected chi connectivity index (χ3v) is 6.17. The normalized spacial score (nSPS) is 15.9. The van der Waals surface area contributed by atoms with Crippen molar-refractivity contribution in [1.29, 1.82) is 0 Å². The first-order chi connectivity index (χ1) is 11.2. The van der Waals surface area contributed by atoms with E-state index in [0.29, 0.717) is 10.5 Å². The van der Waals surface area contributed by atoms with E-state index in [1.807, 2.05) is 6.92 Å². The Balaban J connectivity index is 4.35. The first kappa shape index (κ1) is 23.6. The number of methoxy groups -OCH3 is 1. The molecular weight excluding hydrogens is 316 g/mol. The minimum Gasteiger partial charge on any atom is -0.467 e. The van der Waals surface area contributed by atoms with E-state index < -0.39 is 5.60 Å². The van der Waals surface area contributed by atoms with Crippen LogP contribution in [0, 0.1) is 11.3 Å². The Morgan fingerprint density at radius 1 is 0.917 bits per heavy atom. The molecule has 4 heteroatoms. The second-order valence-electron chi connectivity index (χ2n) is 8.34. The van der Waals surface area contributed by atoms with Crippen molar-refractivity contribution in [3.63, 3.8) is 0 Å². The maximum absolute atomic E-state index is 12.3. The zero-order valence-corrected chi connectivity index (χ0v) is 19.4. The summed E-state index contributed by atoms with van der Waals surface area (Å²) >= 11 is 0. The summed E-state index contributed by atoms with van der Waals surface area (Å²) in [6, 6.07) is 0. The van der Waals surface area contributed by atoms with Gasteiger partial charge in [0.15, 0.2) is 5.60 Å². The van der Waals surface area contributed by atoms with Crippen LogP contribution in [0.3, 0.4) is 0 Å². The summed E-state index contributed by atoms with van der Waals surface area (Å²) < 4.78 is 10.8. The summed E-state index contributed by atoms with van der Waals surface area (Å²) in [5.74, 6) is -0.0483. The van der Waals surface area contributed by atoms with Gasteiger partial charge >= 0.3 is 5.97 Å². The summed E-state index contributed by atoms with van der Waals surface area (Å²) in [4.78, 5) is 12.3. The van der Waals surface area contributed by atoms with Gasteiger partial charge in [-0.05, 0) is 18.8 Å². The largest absolute Gasteiger partial charge is 0.467 e. The van der Waals surface area contributed by atoms with Crippen LogP contribution in [-0.4, -0.2) is 29.2 Å². The molecule has 0 spiro atoms. The summed E-state index contributed by atoms with van der Waals surface area (Å²) in [6.07, 6.45) is 12.9. The van der Waals surface area contributed by atoms with Crippen molar-refractivity contribution >= 4 is 16.5 Å². The maximum atomic E-state index is 12.3. The van der Waals surface area contributed by atoms with E-state index in [-0.39, 0.29) is 17.3 Å². The minimum absolute atomic E-state index is 0.0213. The van der Waals surface area contributed by atoms with Gasteiger partial charge in [0, 0.05) is 5.92 Å². The average Bonchev–Trinajstić information content (AvgIpc) is 2.54. The number of rotatable bonds is 13. The van der Waals surface area contributed by atoms with Crippen molar-refractivity contribution in [1.82, 2.24) is 0 Å². The number of carbonyl (C=O) groups is 1. The van der Waals surface area contributed by atoms with Crippen molar-refractivity contribution in [3.05, 3.63) is 0 Å². The van der Waals surface area contributed by atoms with Gasteiger partial charge in [-0.25, -0.2) is 4.79 Å². The highest BCUT2D eigenvalue weighted by Gasteiger charge is 2.47. The molecule has 0 aliphatic heterocycles. The Labute approximate surface area is 153 Å². The molecule has 0 rings (SSSR count). The van der Waals surface area contributed by atoms with Crippen molar-refractivity contribution in [2.24, 2.45) is 11.3 Å². The lowest BCUT2D eigenvalue weighted by Crippen LogP contribution is -2.50. The van der Waals surface area contributed by atoms with Crippen molar-refractivity contribution < 1.29 is 14.0 Å².